The summed E-state index contributed by atoms with van der Waals surface area (Å²) in [5.41, 5.74) is 3.19. The Labute approximate surface area is 118 Å². The lowest BCUT2D eigenvalue weighted by molar-refractivity contribution is -0.0858. The summed E-state index contributed by atoms with van der Waals surface area (Å²) in [4.78, 5) is 14.4. The Morgan fingerprint density at radius 1 is 1.40 bits per heavy atom. The average Bonchev–Trinajstić information content (AvgIpc) is 2.93. The van der Waals surface area contributed by atoms with Gasteiger partial charge in [0, 0.05) is 31.7 Å². The summed E-state index contributed by atoms with van der Waals surface area (Å²) in [7, 11) is 0. The summed E-state index contributed by atoms with van der Waals surface area (Å²) in [6.07, 6.45) is -0.320. The van der Waals surface area contributed by atoms with E-state index in [1.54, 1.807) is 4.90 Å². The van der Waals surface area contributed by atoms with E-state index in [4.69, 9.17) is 4.74 Å². The van der Waals surface area contributed by atoms with Crippen LogP contribution in [0.15, 0.2) is 18.2 Å². The van der Waals surface area contributed by atoms with Crippen molar-refractivity contribution < 1.29 is 14.6 Å². The highest BCUT2D eigenvalue weighted by Gasteiger charge is 2.28. The molecule has 1 aromatic carbocycles. The predicted octanol–water partition coefficient (Wildman–Crippen LogP) is 0.512. The number of amides is 1. The molecule has 0 aromatic heterocycles. The average molecular weight is 276 g/mol. The number of carbonyl (C=O) groups is 1. The highest BCUT2D eigenvalue weighted by atomic mass is 16.5. The van der Waals surface area contributed by atoms with Crippen LogP contribution < -0.4 is 5.32 Å². The van der Waals surface area contributed by atoms with E-state index in [-0.39, 0.29) is 24.7 Å². The molecular formula is C15H20N2O3. The minimum atomic E-state index is -0.279. The van der Waals surface area contributed by atoms with Crippen LogP contribution >= 0.6 is 0 Å². The van der Waals surface area contributed by atoms with E-state index in [1.165, 1.54) is 11.1 Å². The van der Waals surface area contributed by atoms with Gasteiger partial charge in [-0.2, -0.15) is 0 Å². The van der Waals surface area contributed by atoms with Gasteiger partial charge in [-0.05, 0) is 30.2 Å². The Kier molecular flexibility index (Phi) is 3.74. The molecular weight excluding hydrogens is 256 g/mol. The second kappa shape index (κ2) is 5.52. The minimum Gasteiger partial charge on any atom is -0.394 e. The largest absolute Gasteiger partial charge is 0.394 e. The molecule has 2 aliphatic rings. The molecule has 3 rings (SSSR count). The summed E-state index contributed by atoms with van der Waals surface area (Å²) in [5, 5.41) is 12.5. The zero-order valence-corrected chi connectivity index (χ0v) is 11.6. The zero-order chi connectivity index (χ0) is 14.1. The second-order valence-corrected chi connectivity index (χ2v) is 5.55. The van der Waals surface area contributed by atoms with Crippen LogP contribution in [0.4, 0.5) is 0 Å². The van der Waals surface area contributed by atoms with Crippen molar-refractivity contribution in [1.82, 2.24) is 10.2 Å². The Morgan fingerprint density at radius 2 is 2.20 bits per heavy atom. The number of hydrogen-bond donors (Lipinski definition) is 2. The van der Waals surface area contributed by atoms with Crippen LogP contribution in [-0.2, 0) is 17.8 Å². The third-order valence-corrected chi connectivity index (χ3v) is 3.90. The number of rotatable bonds is 2. The number of morpholine rings is 1. The van der Waals surface area contributed by atoms with Crippen LogP contribution in [0.25, 0.3) is 0 Å². The fourth-order valence-corrected chi connectivity index (χ4v) is 2.92. The van der Waals surface area contributed by atoms with Crippen LogP contribution in [0.3, 0.4) is 0 Å². The molecule has 2 heterocycles. The van der Waals surface area contributed by atoms with Crippen molar-refractivity contribution in [3.05, 3.63) is 34.9 Å². The number of fused-ring (bicyclic) bond motifs is 1. The summed E-state index contributed by atoms with van der Waals surface area (Å²) in [5.74, 6) is 0.0216. The van der Waals surface area contributed by atoms with Gasteiger partial charge in [0.2, 0.25) is 0 Å². The summed E-state index contributed by atoms with van der Waals surface area (Å²) in [6, 6.07) is 5.89. The highest BCUT2D eigenvalue weighted by Crippen LogP contribution is 2.20. The molecule has 5 nitrogen and oxygen atoms in total. The first-order valence-electron chi connectivity index (χ1n) is 7.05. The molecule has 2 atom stereocenters. The first-order valence-corrected chi connectivity index (χ1v) is 7.05. The van der Waals surface area contributed by atoms with Gasteiger partial charge in [-0.15, -0.1) is 0 Å². The van der Waals surface area contributed by atoms with Gasteiger partial charge >= 0.3 is 0 Å². The van der Waals surface area contributed by atoms with Crippen molar-refractivity contribution in [2.45, 2.75) is 32.2 Å². The Hall–Kier alpha value is -1.43. The Balaban J connectivity index is 1.78. The lowest BCUT2D eigenvalue weighted by Gasteiger charge is -2.36. The number of nitrogens with one attached hydrogen (secondary N) is 1. The molecule has 1 aromatic rings. The van der Waals surface area contributed by atoms with Gasteiger partial charge in [-0.25, -0.2) is 0 Å². The number of aliphatic hydroxyl groups excluding tert-OH is 1. The van der Waals surface area contributed by atoms with Crippen molar-refractivity contribution in [3.63, 3.8) is 0 Å². The lowest BCUT2D eigenvalue weighted by Crippen LogP contribution is -2.50. The maximum Gasteiger partial charge on any atom is 0.254 e. The van der Waals surface area contributed by atoms with Crippen LogP contribution in [0.2, 0.25) is 0 Å². The molecule has 2 N–H and O–H groups in total. The topological polar surface area (TPSA) is 61.8 Å². The maximum atomic E-state index is 12.6. The third kappa shape index (κ3) is 2.57. The second-order valence-electron chi connectivity index (χ2n) is 5.55. The number of hydrogen-bond acceptors (Lipinski definition) is 4. The van der Waals surface area contributed by atoms with Gasteiger partial charge in [0.1, 0.15) is 0 Å². The molecule has 0 bridgehead atoms. The predicted molar refractivity (Wildman–Crippen MR) is 74.3 cm³/mol. The van der Waals surface area contributed by atoms with Crippen LogP contribution in [0, 0.1) is 0 Å². The molecule has 5 heteroatoms. The van der Waals surface area contributed by atoms with Crippen molar-refractivity contribution in [3.8, 4) is 0 Å². The SMILES string of the molecule is CC1CN(C(=O)c2ccc3c(c2)CNC3)CC(CO)O1. The van der Waals surface area contributed by atoms with Gasteiger partial charge in [-0.3, -0.25) is 4.79 Å². The van der Waals surface area contributed by atoms with Crippen LogP contribution in [0.1, 0.15) is 28.4 Å². The summed E-state index contributed by atoms with van der Waals surface area (Å²) >= 11 is 0. The first kappa shape index (κ1) is 13.5. The number of aliphatic hydroxyl groups is 1. The van der Waals surface area contributed by atoms with E-state index in [9.17, 15) is 9.90 Å². The summed E-state index contributed by atoms with van der Waals surface area (Å²) in [6.45, 7) is 4.61. The maximum absolute atomic E-state index is 12.6. The molecule has 20 heavy (non-hydrogen) atoms. The van der Waals surface area contributed by atoms with E-state index < -0.39 is 0 Å². The number of carbonyl (C=O) groups excluding carboxylic acids is 1. The highest BCUT2D eigenvalue weighted by molar-refractivity contribution is 5.94. The van der Waals surface area contributed by atoms with Crippen molar-refractivity contribution in [2.75, 3.05) is 19.7 Å². The van der Waals surface area contributed by atoms with E-state index in [0.29, 0.717) is 13.1 Å². The van der Waals surface area contributed by atoms with Gasteiger partial charge in [0.25, 0.3) is 5.91 Å². The van der Waals surface area contributed by atoms with Crippen LogP contribution in [0.5, 0.6) is 0 Å². The molecule has 2 aliphatic heterocycles. The van der Waals surface area contributed by atoms with Gasteiger partial charge in [-0.1, -0.05) is 6.07 Å². The lowest BCUT2D eigenvalue weighted by atomic mass is 10.0. The third-order valence-electron chi connectivity index (χ3n) is 3.90. The minimum absolute atomic E-state index is 0.0216. The monoisotopic (exact) mass is 276 g/mol. The molecule has 1 fully saturated rings. The van der Waals surface area contributed by atoms with Gasteiger partial charge in [0.15, 0.2) is 0 Å². The molecule has 0 radical (unpaired) electrons. The number of benzene rings is 1. The molecule has 2 unspecified atom stereocenters. The van der Waals surface area contributed by atoms with Crippen molar-refractivity contribution >= 4 is 5.91 Å². The van der Waals surface area contributed by atoms with Gasteiger partial charge in [0.05, 0.1) is 18.8 Å². The molecule has 0 saturated carbocycles. The van der Waals surface area contributed by atoms with Crippen molar-refractivity contribution in [1.29, 1.82) is 0 Å². The van der Waals surface area contributed by atoms with E-state index in [1.807, 2.05) is 25.1 Å². The molecule has 0 aliphatic carbocycles. The first-order chi connectivity index (χ1) is 9.67. The number of nitrogens with zero attached hydrogens (tertiary/aromatic N) is 1. The smallest absolute Gasteiger partial charge is 0.254 e. The quantitative estimate of drug-likeness (QED) is 0.826. The molecule has 108 valence electrons. The normalized spacial score (nSPS) is 25.6. The van der Waals surface area contributed by atoms with Crippen molar-refractivity contribution in [2.24, 2.45) is 0 Å². The fourth-order valence-electron chi connectivity index (χ4n) is 2.92. The Bertz CT molecular complexity index is 518. The van der Waals surface area contributed by atoms with Gasteiger partial charge < -0.3 is 20.1 Å². The molecule has 1 saturated heterocycles. The Morgan fingerprint density at radius 3 is 3.00 bits per heavy atom. The fraction of sp³-hybridized carbons (Fsp3) is 0.533. The summed E-state index contributed by atoms with van der Waals surface area (Å²) < 4.78 is 5.57. The zero-order valence-electron chi connectivity index (χ0n) is 11.6. The number of ether oxygens (including phenoxy) is 1. The van der Waals surface area contributed by atoms with Crippen LogP contribution in [-0.4, -0.2) is 47.8 Å². The van der Waals surface area contributed by atoms with E-state index in [2.05, 4.69) is 5.32 Å². The van der Waals surface area contributed by atoms with E-state index in [0.717, 1.165) is 18.7 Å². The molecule has 1 amide bonds. The van der Waals surface area contributed by atoms with E-state index >= 15 is 0 Å². The molecule has 0 spiro atoms. The standard InChI is InChI=1S/C15H20N2O3/c1-10-7-17(8-14(9-18)20-10)15(19)11-2-3-12-5-16-6-13(12)4-11/h2-4,10,14,16,18H,5-9H2,1H3.